The lowest BCUT2D eigenvalue weighted by molar-refractivity contribution is -0.137. The summed E-state index contributed by atoms with van der Waals surface area (Å²) in [7, 11) is 0. The summed E-state index contributed by atoms with van der Waals surface area (Å²) in [4.78, 5) is 26.4. The van der Waals surface area contributed by atoms with Gasteiger partial charge in [0, 0.05) is 26.2 Å². The van der Waals surface area contributed by atoms with Gasteiger partial charge in [0.15, 0.2) is 6.61 Å². The van der Waals surface area contributed by atoms with Gasteiger partial charge in [-0.15, -0.1) is 12.4 Å². The van der Waals surface area contributed by atoms with Crippen molar-refractivity contribution in [3.05, 3.63) is 29.8 Å². The molecule has 0 bridgehead atoms. The number of nitrogens with one attached hydrogen (secondary N) is 1. The van der Waals surface area contributed by atoms with Crippen LogP contribution in [0.25, 0.3) is 0 Å². The van der Waals surface area contributed by atoms with Gasteiger partial charge in [0.1, 0.15) is 5.75 Å². The number of hydrogen-bond acceptors (Lipinski definition) is 4. The largest absolute Gasteiger partial charge is 0.483 e. The summed E-state index contributed by atoms with van der Waals surface area (Å²) in [5, 5.41) is 2.81. The lowest BCUT2D eigenvalue weighted by Gasteiger charge is -2.32. The normalized spacial score (nSPS) is 17.0. The van der Waals surface area contributed by atoms with Gasteiger partial charge in [-0.3, -0.25) is 9.59 Å². The number of ether oxygens (including phenoxy) is 1. The van der Waals surface area contributed by atoms with E-state index in [9.17, 15) is 9.59 Å². The van der Waals surface area contributed by atoms with Gasteiger partial charge in [-0.05, 0) is 29.9 Å². The second kappa shape index (κ2) is 10.5. The van der Waals surface area contributed by atoms with E-state index in [0.717, 1.165) is 24.2 Å². The van der Waals surface area contributed by atoms with Crippen molar-refractivity contribution in [1.29, 1.82) is 0 Å². The van der Waals surface area contributed by atoms with Crippen molar-refractivity contribution in [2.75, 3.05) is 32.8 Å². The fraction of sp³-hybridized carbons (Fsp3) is 0.600. The lowest BCUT2D eigenvalue weighted by atomic mass is 9.86. The molecule has 2 rings (SSSR count). The highest BCUT2D eigenvalue weighted by molar-refractivity contribution is 5.85. The number of piperidine rings is 1. The quantitative estimate of drug-likeness (QED) is 0.769. The number of carbonyl (C=O) groups is 2. The first-order chi connectivity index (χ1) is 12.3. The first-order valence-corrected chi connectivity index (χ1v) is 9.30. The molecule has 1 saturated heterocycles. The van der Waals surface area contributed by atoms with Gasteiger partial charge in [0.2, 0.25) is 5.91 Å². The van der Waals surface area contributed by atoms with Crippen LogP contribution in [0.15, 0.2) is 24.3 Å². The highest BCUT2D eigenvalue weighted by Crippen LogP contribution is 2.31. The number of benzene rings is 1. The van der Waals surface area contributed by atoms with E-state index >= 15 is 0 Å². The minimum atomic E-state index is -0.166. The number of carbonyl (C=O) groups excluding carboxylic acids is 2. The molecule has 152 valence electrons. The molecular weight excluding hydrogens is 366 g/mol. The molecular formula is C20H32ClN3O3. The van der Waals surface area contributed by atoms with Gasteiger partial charge in [-0.2, -0.15) is 0 Å². The Hall–Kier alpha value is -1.79. The zero-order chi connectivity index (χ0) is 19.2. The van der Waals surface area contributed by atoms with Gasteiger partial charge in [-0.1, -0.05) is 39.0 Å². The molecule has 0 aromatic heterocycles. The van der Waals surface area contributed by atoms with Crippen LogP contribution in [-0.4, -0.2) is 49.5 Å². The fourth-order valence-corrected chi connectivity index (χ4v) is 3.20. The number of nitrogens with zero attached hydrogens (tertiary/aromatic N) is 1. The van der Waals surface area contributed by atoms with Gasteiger partial charge in [0.25, 0.3) is 5.91 Å². The van der Waals surface area contributed by atoms with E-state index in [-0.39, 0.29) is 42.2 Å². The Morgan fingerprint density at radius 3 is 2.67 bits per heavy atom. The molecule has 1 fully saturated rings. The van der Waals surface area contributed by atoms with Crippen molar-refractivity contribution < 1.29 is 14.3 Å². The number of rotatable bonds is 6. The first-order valence-electron chi connectivity index (χ1n) is 9.30. The van der Waals surface area contributed by atoms with Gasteiger partial charge in [0.05, 0.1) is 5.92 Å². The van der Waals surface area contributed by atoms with E-state index < -0.39 is 0 Å². The zero-order valence-electron chi connectivity index (χ0n) is 16.5. The van der Waals surface area contributed by atoms with E-state index in [1.807, 2.05) is 24.3 Å². The van der Waals surface area contributed by atoms with Crippen molar-refractivity contribution in [3.63, 3.8) is 0 Å². The van der Waals surface area contributed by atoms with Crippen molar-refractivity contribution in [3.8, 4) is 5.75 Å². The second-order valence-corrected chi connectivity index (χ2v) is 7.79. The second-order valence-electron chi connectivity index (χ2n) is 7.79. The van der Waals surface area contributed by atoms with Crippen molar-refractivity contribution in [2.45, 2.75) is 39.0 Å². The highest BCUT2D eigenvalue weighted by Gasteiger charge is 2.28. The average molecular weight is 398 g/mol. The molecule has 1 aromatic carbocycles. The van der Waals surface area contributed by atoms with Crippen LogP contribution in [-0.2, 0) is 15.0 Å². The topological polar surface area (TPSA) is 84.7 Å². The maximum atomic E-state index is 12.6. The molecule has 27 heavy (non-hydrogen) atoms. The minimum Gasteiger partial charge on any atom is -0.483 e. The summed E-state index contributed by atoms with van der Waals surface area (Å²) in [5.41, 5.74) is 6.44. The monoisotopic (exact) mass is 397 g/mol. The van der Waals surface area contributed by atoms with Crippen molar-refractivity contribution >= 4 is 24.2 Å². The molecule has 1 atom stereocenters. The van der Waals surface area contributed by atoms with Crippen LogP contribution in [0.4, 0.5) is 0 Å². The van der Waals surface area contributed by atoms with Crippen LogP contribution in [0.2, 0.25) is 0 Å². The molecule has 0 saturated carbocycles. The Kier molecular flexibility index (Phi) is 9.06. The fourth-order valence-electron chi connectivity index (χ4n) is 3.20. The first kappa shape index (κ1) is 23.2. The zero-order valence-corrected chi connectivity index (χ0v) is 17.3. The number of para-hydroxylation sites is 1. The molecule has 1 unspecified atom stereocenters. The van der Waals surface area contributed by atoms with E-state index in [4.69, 9.17) is 10.5 Å². The lowest BCUT2D eigenvalue weighted by Crippen LogP contribution is -2.47. The van der Waals surface area contributed by atoms with Crippen LogP contribution < -0.4 is 15.8 Å². The van der Waals surface area contributed by atoms with E-state index in [1.54, 1.807) is 4.90 Å². The Morgan fingerprint density at radius 1 is 1.30 bits per heavy atom. The summed E-state index contributed by atoms with van der Waals surface area (Å²) in [5.74, 6) is 0.473. The predicted octanol–water partition coefficient (Wildman–Crippen LogP) is 2.10. The van der Waals surface area contributed by atoms with Crippen molar-refractivity contribution in [1.82, 2.24) is 10.2 Å². The van der Waals surface area contributed by atoms with Gasteiger partial charge in [-0.25, -0.2) is 0 Å². The Balaban J connectivity index is 0.00000364. The smallest absolute Gasteiger partial charge is 0.260 e. The number of amides is 2. The summed E-state index contributed by atoms with van der Waals surface area (Å²) in [6.07, 6.45) is 1.62. The van der Waals surface area contributed by atoms with Gasteiger partial charge < -0.3 is 20.7 Å². The maximum absolute atomic E-state index is 12.6. The van der Waals surface area contributed by atoms with Crippen LogP contribution in [0.5, 0.6) is 5.75 Å². The Bertz CT molecular complexity index is 631. The number of nitrogens with two attached hydrogens (primary N) is 1. The molecule has 1 heterocycles. The van der Waals surface area contributed by atoms with E-state index in [1.165, 1.54) is 0 Å². The SMILES string of the molecule is CC(C)(C)c1ccccc1OCC(=O)N1CCCC(C(=O)NCCN)C1.Cl. The van der Waals surface area contributed by atoms with Gasteiger partial charge >= 0.3 is 0 Å². The molecule has 0 spiro atoms. The maximum Gasteiger partial charge on any atom is 0.260 e. The van der Waals surface area contributed by atoms with Crippen molar-refractivity contribution in [2.24, 2.45) is 11.7 Å². The standard InChI is InChI=1S/C20H31N3O3.ClH/c1-20(2,3)16-8-4-5-9-17(16)26-14-18(24)23-12-6-7-15(13-23)19(25)22-11-10-21;/h4-5,8-9,15H,6-7,10-14,21H2,1-3H3,(H,22,25);1H. The summed E-state index contributed by atoms with van der Waals surface area (Å²) in [6.45, 7) is 8.34. The van der Waals surface area contributed by atoms with Crippen LogP contribution in [0.1, 0.15) is 39.2 Å². The average Bonchev–Trinajstić information content (AvgIpc) is 2.63. The number of likely N-dealkylation sites (tertiary alicyclic amines) is 1. The summed E-state index contributed by atoms with van der Waals surface area (Å²) in [6, 6.07) is 7.81. The summed E-state index contributed by atoms with van der Waals surface area (Å²) < 4.78 is 5.83. The van der Waals surface area contributed by atoms with E-state index in [2.05, 4.69) is 26.1 Å². The molecule has 1 aliphatic heterocycles. The third kappa shape index (κ3) is 6.70. The van der Waals surface area contributed by atoms with Crippen LogP contribution in [0, 0.1) is 5.92 Å². The minimum absolute atomic E-state index is 0. The molecule has 6 nitrogen and oxygen atoms in total. The Labute approximate surface area is 168 Å². The molecule has 3 N–H and O–H groups in total. The van der Waals surface area contributed by atoms with E-state index in [0.29, 0.717) is 26.2 Å². The predicted molar refractivity (Wildman–Crippen MR) is 109 cm³/mol. The molecule has 0 radical (unpaired) electrons. The number of halogens is 1. The third-order valence-corrected chi connectivity index (χ3v) is 4.63. The Morgan fingerprint density at radius 2 is 2.00 bits per heavy atom. The summed E-state index contributed by atoms with van der Waals surface area (Å²) >= 11 is 0. The number of hydrogen-bond donors (Lipinski definition) is 2. The van der Waals surface area contributed by atoms with Crippen LogP contribution in [0.3, 0.4) is 0 Å². The third-order valence-electron chi connectivity index (χ3n) is 4.63. The molecule has 1 aromatic rings. The highest BCUT2D eigenvalue weighted by atomic mass is 35.5. The van der Waals surface area contributed by atoms with Crippen LogP contribution >= 0.6 is 12.4 Å². The molecule has 7 heteroatoms. The molecule has 2 amide bonds. The molecule has 1 aliphatic rings. The molecule has 0 aliphatic carbocycles.